The molecule has 1 saturated heterocycles. The van der Waals surface area contributed by atoms with Crippen molar-refractivity contribution in [3.63, 3.8) is 0 Å². The third-order valence-corrected chi connectivity index (χ3v) is 2.81. The molecule has 1 aliphatic heterocycles. The van der Waals surface area contributed by atoms with Crippen LogP contribution in [-0.2, 0) is 4.74 Å². The topological polar surface area (TPSA) is 90.4 Å². The number of hydrogen-bond acceptors (Lipinski definition) is 5. The highest BCUT2D eigenvalue weighted by molar-refractivity contribution is 6.21. The third kappa shape index (κ3) is 1.89. The molecule has 0 radical (unpaired) electrons. The number of aliphatic hydroxyl groups excluding tert-OH is 1. The van der Waals surface area contributed by atoms with Gasteiger partial charge in [-0.2, -0.15) is 0 Å². The molecule has 1 unspecified atom stereocenters. The van der Waals surface area contributed by atoms with Crippen LogP contribution in [-0.4, -0.2) is 37.7 Å². The maximum absolute atomic E-state index is 10.7. The highest BCUT2D eigenvalue weighted by Crippen LogP contribution is 2.34. The molecule has 2 rings (SSSR count). The second-order valence-corrected chi connectivity index (χ2v) is 4.04. The molecule has 1 aromatic rings. The van der Waals surface area contributed by atoms with E-state index < -0.39 is 16.5 Å². The summed E-state index contributed by atoms with van der Waals surface area (Å²) in [4.78, 5) is 13.7. The van der Waals surface area contributed by atoms with Crippen LogP contribution >= 0.6 is 11.6 Å². The highest BCUT2D eigenvalue weighted by Gasteiger charge is 2.39. The van der Waals surface area contributed by atoms with Crippen molar-refractivity contribution < 1.29 is 14.8 Å². The van der Waals surface area contributed by atoms with Crippen molar-refractivity contribution >= 4 is 17.5 Å². The Morgan fingerprint density at radius 1 is 1.81 bits per heavy atom. The minimum absolute atomic E-state index is 0.151. The van der Waals surface area contributed by atoms with Crippen molar-refractivity contribution in [2.75, 3.05) is 6.61 Å². The quantitative estimate of drug-likeness (QED) is 0.482. The van der Waals surface area contributed by atoms with E-state index in [4.69, 9.17) is 21.4 Å². The molecule has 1 fully saturated rings. The SMILES string of the molecule is O=[N+]([O-])c1nccn1C1O[C@H](CO)C[C@@H]1Cl. The van der Waals surface area contributed by atoms with E-state index in [-0.39, 0.29) is 18.7 Å². The van der Waals surface area contributed by atoms with Crippen LogP contribution in [0, 0.1) is 10.1 Å². The normalized spacial score (nSPS) is 29.5. The van der Waals surface area contributed by atoms with Gasteiger partial charge in [-0.15, -0.1) is 11.6 Å². The lowest BCUT2D eigenvalue weighted by atomic mass is 10.2. The van der Waals surface area contributed by atoms with Crippen LogP contribution in [0.1, 0.15) is 12.6 Å². The van der Waals surface area contributed by atoms with E-state index in [0.29, 0.717) is 6.42 Å². The fourth-order valence-electron chi connectivity index (χ4n) is 1.71. The van der Waals surface area contributed by atoms with Crippen molar-refractivity contribution in [2.24, 2.45) is 0 Å². The van der Waals surface area contributed by atoms with Gasteiger partial charge in [0.15, 0.2) is 6.23 Å². The van der Waals surface area contributed by atoms with Crippen LogP contribution in [0.3, 0.4) is 0 Å². The van der Waals surface area contributed by atoms with Gasteiger partial charge in [0.25, 0.3) is 0 Å². The molecule has 2 heterocycles. The average molecular weight is 248 g/mol. The molecule has 1 aliphatic rings. The van der Waals surface area contributed by atoms with E-state index in [9.17, 15) is 10.1 Å². The van der Waals surface area contributed by atoms with Gasteiger partial charge in [0, 0.05) is 0 Å². The molecule has 88 valence electrons. The van der Waals surface area contributed by atoms with Gasteiger partial charge in [-0.1, -0.05) is 4.98 Å². The van der Waals surface area contributed by atoms with Gasteiger partial charge in [0.2, 0.25) is 0 Å². The van der Waals surface area contributed by atoms with E-state index in [1.807, 2.05) is 0 Å². The summed E-state index contributed by atoms with van der Waals surface area (Å²) < 4.78 is 6.67. The first-order valence-corrected chi connectivity index (χ1v) is 5.14. The highest BCUT2D eigenvalue weighted by atomic mass is 35.5. The van der Waals surface area contributed by atoms with Gasteiger partial charge in [-0.05, 0) is 11.3 Å². The van der Waals surface area contributed by atoms with E-state index in [0.717, 1.165) is 0 Å². The molecule has 16 heavy (non-hydrogen) atoms. The van der Waals surface area contributed by atoms with Crippen LogP contribution in [0.2, 0.25) is 0 Å². The lowest BCUT2D eigenvalue weighted by molar-refractivity contribution is -0.398. The summed E-state index contributed by atoms with van der Waals surface area (Å²) in [5.41, 5.74) is 0. The molecule has 0 amide bonds. The predicted molar refractivity (Wildman–Crippen MR) is 54.1 cm³/mol. The third-order valence-electron chi connectivity index (χ3n) is 2.42. The van der Waals surface area contributed by atoms with E-state index >= 15 is 0 Å². The molecule has 1 aromatic heterocycles. The summed E-state index contributed by atoms with van der Waals surface area (Å²) in [5, 5.41) is 19.2. The first-order chi connectivity index (χ1) is 7.63. The summed E-state index contributed by atoms with van der Waals surface area (Å²) in [7, 11) is 0. The van der Waals surface area contributed by atoms with Gasteiger partial charge in [-0.25, -0.2) is 4.57 Å². The van der Waals surface area contributed by atoms with Crippen molar-refractivity contribution in [1.29, 1.82) is 0 Å². The molecule has 0 aromatic carbocycles. The van der Waals surface area contributed by atoms with Gasteiger partial charge < -0.3 is 20.0 Å². The molecular formula is C8H10ClN3O4. The summed E-state index contributed by atoms with van der Waals surface area (Å²) in [6.07, 6.45) is 2.18. The van der Waals surface area contributed by atoms with Crippen LogP contribution in [0.15, 0.2) is 12.4 Å². The second-order valence-electron chi connectivity index (χ2n) is 3.47. The number of nitrogens with zero attached hydrogens (tertiary/aromatic N) is 3. The number of nitro groups is 1. The largest absolute Gasteiger partial charge is 0.436 e. The predicted octanol–water partition coefficient (Wildman–Crippen LogP) is 0.678. The summed E-state index contributed by atoms with van der Waals surface area (Å²) in [5.74, 6) is -0.311. The zero-order valence-corrected chi connectivity index (χ0v) is 8.95. The van der Waals surface area contributed by atoms with Crippen molar-refractivity contribution in [1.82, 2.24) is 9.55 Å². The standard InChI is InChI=1S/C8H10ClN3O4/c9-6-3-5(4-13)16-7(6)11-2-1-10-8(11)12(14)15/h1-2,5-7,13H,3-4H2/t5-,6-,7?/m0/s1. The molecule has 3 atom stereocenters. The number of hydrogen-bond donors (Lipinski definition) is 1. The average Bonchev–Trinajstić information content (AvgIpc) is 2.82. The lowest BCUT2D eigenvalue weighted by Crippen LogP contribution is -2.17. The smallest absolute Gasteiger partial charge is 0.394 e. The van der Waals surface area contributed by atoms with Crippen LogP contribution in [0.4, 0.5) is 5.95 Å². The minimum Gasteiger partial charge on any atom is -0.394 e. The maximum Gasteiger partial charge on any atom is 0.436 e. The molecule has 0 aliphatic carbocycles. The van der Waals surface area contributed by atoms with Crippen molar-refractivity contribution in [3.8, 4) is 0 Å². The Labute approximate surface area is 95.8 Å². The Balaban J connectivity index is 2.24. The molecular weight excluding hydrogens is 238 g/mol. The Kier molecular flexibility index (Phi) is 3.08. The second kappa shape index (κ2) is 4.36. The molecule has 7 nitrogen and oxygen atoms in total. The minimum atomic E-state index is -0.651. The summed E-state index contributed by atoms with van der Waals surface area (Å²) >= 11 is 6.01. The van der Waals surface area contributed by atoms with Gasteiger partial charge in [0.1, 0.15) is 12.4 Å². The number of halogens is 1. The fourth-order valence-corrected chi connectivity index (χ4v) is 2.09. The number of aromatic nitrogens is 2. The Morgan fingerprint density at radius 3 is 3.12 bits per heavy atom. The fraction of sp³-hybridized carbons (Fsp3) is 0.625. The molecule has 1 N–H and O–H groups in total. The molecule has 0 bridgehead atoms. The maximum atomic E-state index is 10.7. The van der Waals surface area contributed by atoms with Crippen LogP contribution in [0.25, 0.3) is 0 Å². The van der Waals surface area contributed by atoms with Crippen molar-refractivity contribution in [3.05, 3.63) is 22.5 Å². The summed E-state index contributed by atoms with van der Waals surface area (Å²) in [6.45, 7) is -0.151. The van der Waals surface area contributed by atoms with E-state index in [1.165, 1.54) is 17.0 Å². The Morgan fingerprint density at radius 2 is 2.56 bits per heavy atom. The number of imidazole rings is 1. The van der Waals surface area contributed by atoms with Crippen molar-refractivity contribution in [2.45, 2.75) is 24.1 Å². The van der Waals surface area contributed by atoms with Gasteiger partial charge in [-0.3, -0.25) is 0 Å². The summed E-state index contributed by atoms with van der Waals surface area (Å²) in [6, 6.07) is 0. The molecule has 8 heteroatoms. The monoisotopic (exact) mass is 247 g/mol. The number of aliphatic hydroxyl groups is 1. The van der Waals surface area contributed by atoms with Crippen LogP contribution in [0.5, 0.6) is 0 Å². The Hall–Kier alpha value is -1.18. The number of alkyl halides is 1. The van der Waals surface area contributed by atoms with Gasteiger partial charge in [0.05, 0.1) is 18.1 Å². The molecule has 0 spiro atoms. The van der Waals surface area contributed by atoms with E-state index in [2.05, 4.69) is 4.98 Å². The number of rotatable bonds is 3. The lowest BCUT2D eigenvalue weighted by Gasteiger charge is -2.12. The van der Waals surface area contributed by atoms with Crippen LogP contribution < -0.4 is 0 Å². The molecule has 0 saturated carbocycles. The Bertz CT molecular complexity index is 396. The number of ether oxygens (including phenoxy) is 1. The first-order valence-electron chi connectivity index (χ1n) is 4.71. The van der Waals surface area contributed by atoms with E-state index in [1.54, 1.807) is 0 Å². The first kappa shape index (κ1) is 11.3. The zero-order valence-electron chi connectivity index (χ0n) is 8.19. The van der Waals surface area contributed by atoms with Gasteiger partial charge >= 0.3 is 5.95 Å². The zero-order chi connectivity index (χ0) is 11.7.